The Kier molecular flexibility index (Phi) is 3.87. The molecule has 4 heteroatoms. The third-order valence-electron chi connectivity index (χ3n) is 1.66. The van der Waals surface area contributed by atoms with E-state index in [1.807, 2.05) is 6.07 Å². The van der Waals surface area contributed by atoms with E-state index >= 15 is 0 Å². The molecule has 0 atom stereocenters. The number of esters is 1. The van der Waals surface area contributed by atoms with E-state index in [-0.39, 0.29) is 6.10 Å². The van der Waals surface area contributed by atoms with E-state index < -0.39 is 5.97 Å². The lowest BCUT2D eigenvalue weighted by Gasteiger charge is -2.08. The van der Waals surface area contributed by atoms with Gasteiger partial charge in [0.25, 0.3) is 0 Å². The summed E-state index contributed by atoms with van der Waals surface area (Å²) in [4.78, 5) is 11.6. The zero-order valence-corrected chi connectivity index (χ0v) is 10.0. The Morgan fingerprint density at radius 1 is 1.53 bits per heavy atom. The smallest absolute Gasteiger partial charge is 0.339 e. The van der Waals surface area contributed by atoms with Crippen LogP contribution in [0.25, 0.3) is 0 Å². The first-order valence-electron chi connectivity index (χ1n) is 4.45. The maximum atomic E-state index is 11.6. The maximum Gasteiger partial charge on any atom is 0.339 e. The number of hydrogen-bond acceptors (Lipinski definition) is 3. The zero-order chi connectivity index (χ0) is 11.4. The van der Waals surface area contributed by atoms with Crippen molar-refractivity contribution < 1.29 is 9.53 Å². The predicted octanol–water partition coefficient (Wildman–Crippen LogP) is 2.89. The molecule has 0 aliphatic carbocycles. The Hall–Kier alpha value is -1.34. The molecule has 0 aliphatic heterocycles. The molecule has 0 aromatic heterocycles. The van der Waals surface area contributed by atoms with Gasteiger partial charge >= 0.3 is 5.97 Å². The van der Waals surface area contributed by atoms with E-state index in [0.29, 0.717) is 11.1 Å². The van der Waals surface area contributed by atoms with Gasteiger partial charge in [0.1, 0.15) is 6.07 Å². The second-order valence-electron chi connectivity index (χ2n) is 3.26. The van der Waals surface area contributed by atoms with E-state index in [1.54, 1.807) is 32.0 Å². The monoisotopic (exact) mass is 267 g/mol. The van der Waals surface area contributed by atoms with Crippen LogP contribution in [0.4, 0.5) is 0 Å². The van der Waals surface area contributed by atoms with Crippen molar-refractivity contribution in [1.82, 2.24) is 0 Å². The lowest BCUT2D eigenvalue weighted by Crippen LogP contribution is -2.12. The van der Waals surface area contributed by atoms with Gasteiger partial charge in [-0.2, -0.15) is 5.26 Å². The highest BCUT2D eigenvalue weighted by atomic mass is 79.9. The van der Waals surface area contributed by atoms with E-state index in [2.05, 4.69) is 15.9 Å². The number of hydrogen-bond donors (Lipinski definition) is 0. The van der Waals surface area contributed by atoms with Gasteiger partial charge in [0, 0.05) is 4.47 Å². The number of nitrogens with zero attached hydrogens (tertiary/aromatic N) is 1. The summed E-state index contributed by atoms with van der Waals surface area (Å²) >= 11 is 3.23. The fourth-order valence-corrected chi connectivity index (χ4v) is 1.43. The standard InChI is InChI=1S/C11H10BrNO2/c1-7(2)15-11(14)10-4-3-9(12)5-8(10)6-13/h3-5,7H,1-2H3. The number of ether oxygens (including phenoxy) is 1. The highest BCUT2D eigenvalue weighted by Crippen LogP contribution is 2.17. The minimum Gasteiger partial charge on any atom is -0.459 e. The molecule has 0 aliphatic rings. The van der Waals surface area contributed by atoms with Crippen LogP contribution in [-0.2, 0) is 4.74 Å². The zero-order valence-electron chi connectivity index (χ0n) is 8.45. The summed E-state index contributed by atoms with van der Waals surface area (Å²) in [5.41, 5.74) is 0.615. The summed E-state index contributed by atoms with van der Waals surface area (Å²) in [7, 11) is 0. The van der Waals surface area contributed by atoms with Crippen LogP contribution in [0.15, 0.2) is 22.7 Å². The van der Waals surface area contributed by atoms with Gasteiger partial charge in [-0.25, -0.2) is 4.79 Å². The summed E-state index contributed by atoms with van der Waals surface area (Å²) < 4.78 is 5.78. The summed E-state index contributed by atoms with van der Waals surface area (Å²) in [6, 6.07) is 6.84. The number of carbonyl (C=O) groups excluding carboxylic acids is 1. The molecule has 0 spiro atoms. The van der Waals surface area contributed by atoms with Crippen molar-refractivity contribution in [2.75, 3.05) is 0 Å². The molecule has 0 unspecified atom stereocenters. The highest BCUT2D eigenvalue weighted by Gasteiger charge is 2.14. The molecule has 78 valence electrons. The van der Waals surface area contributed by atoms with E-state index in [0.717, 1.165) is 4.47 Å². The molecule has 3 nitrogen and oxygen atoms in total. The van der Waals surface area contributed by atoms with Gasteiger partial charge in [-0.05, 0) is 32.0 Å². The van der Waals surface area contributed by atoms with E-state index in [1.165, 1.54) is 0 Å². The van der Waals surface area contributed by atoms with Crippen LogP contribution in [0, 0.1) is 11.3 Å². The Labute approximate surface area is 96.8 Å². The van der Waals surface area contributed by atoms with Gasteiger partial charge in [-0.1, -0.05) is 15.9 Å². The number of nitriles is 1. The average molecular weight is 268 g/mol. The SMILES string of the molecule is CC(C)OC(=O)c1ccc(Br)cc1C#N. The average Bonchev–Trinajstić information content (AvgIpc) is 2.16. The summed E-state index contributed by atoms with van der Waals surface area (Å²) in [6.45, 7) is 3.53. The maximum absolute atomic E-state index is 11.6. The molecule has 1 rings (SSSR count). The second kappa shape index (κ2) is 4.94. The number of benzene rings is 1. The first kappa shape index (κ1) is 11.7. The normalized spacial score (nSPS) is 9.80. The van der Waals surface area contributed by atoms with Crippen LogP contribution >= 0.6 is 15.9 Å². The molecule has 0 heterocycles. The fourth-order valence-electron chi connectivity index (χ4n) is 1.06. The molecule has 15 heavy (non-hydrogen) atoms. The Bertz CT molecular complexity index is 421. The molecular weight excluding hydrogens is 258 g/mol. The molecule has 0 N–H and O–H groups in total. The van der Waals surface area contributed by atoms with Crippen molar-refractivity contribution in [3.63, 3.8) is 0 Å². The molecule has 1 aromatic carbocycles. The Balaban J connectivity index is 3.04. The van der Waals surface area contributed by atoms with Gasteiger partial charge in [0.2, 0.25) is 0 Å². The van der Waals surface area contributed by atoms with Gasteiger partial charge in [-0.3, -0.25) is 0 Å². The van der Waals surface area contributed by atoms with Crippen molar-refractivity contribution in [2.45, 2.75) is 20.0 Å². The lowest BCUT2D eigenvalue weighted by molar-refractivity contribution is 0.0377. The van der Waals surface area contributed by atoms with Crippen LogP contribution in [0.5, 0.6) is 0 Å². The van der Waals surface area contributed by atoms with Crippen molar-refractivity contribution in [1.29, 1.82) is 5.26 Å². The molecule has 1 aromatic rings. The van der Waals surface area contributed by atoms with Crippen LogP contribution in [0.2, 0.25) is 0 Å². The van der Waals surface area contributed by atoms with Crippen molar-refractivity contribution in [2.24, 2.45) is 0 Å². The fraction of sp³-hybridized carbons (Fsp3) is 0.273. The molecule has 0 saturated carbocycles. The van der Waals surface area contributed by atoms with Gasteiger partial charge < -0.3 is 4.74 Å². The minimum absolute atomic E-state index is 0.187. The third kappa shape index (κ3) is 3.07. The van der Waals surface area contributed by atoms with Crippen LogP contribution in [0.3, 0.4) is 0 Å². The molecule has 0 saturated heterocycles. The summed E-state index contributed by atoms with van der Waals surface area (Å²) in [5, 5.41) is 8.85. The lowest BCUT2D eigenvalue weighted by atomic mass is 10.1. The van der Waals surface area contributed by atoms with E-state index in [9.17, 15) is 4.79 Å². The highest BCUT2D eigenvalue weighted by molar-refractivity contribution is 9.10. The molecule has 0 amide bonds. The Morgan fingerprint density at radius 2 is 2.20 bits per heavy atom. The minimum atomic E-state index is -0.464. The Morgan fingerprint density at radius 3 is 2.73 bits per heavy atom. The number of rotatable bonds is 2. The topological polar surface area (TPSA) is 50.1 Å². The quantitative estimate of drug-likeness (QED) is 0.775. The molecular formula is C11H10BrNO2. The van der Waals surface area contributed by atoms with Crippen LogP contribution in [-0.4, -0.2) is 12.1 Å². The van der Waals surface area contributed by atoms with Crippen molar-refractivity contribution in [3.8, 4) is 6.07 Å². The number of carbonyl (C=O) groups is 1. The van der Waals surface area contributed by atoms with Crippen molar-refractivity contribution >= 4 is 21.9 Å². The van der Waals surface area contributed by atoms with Crippen molar-refractivity contribution in [3.05, 3.63) is 33.8 Å². The first-order valence-corrected chi connectivity index (χ1v) is 5.24. The van der Waals surface area contributed by atoms with Crippen LogP contribution < -0.4 is 0 Å². The second-order valence-corrected chi connectivity index (χ2v) is 4.17. The van der Waals surface area contributed by atoms with Crippen LogP contribution in [0.1, 0.15) is 29.8 Å². The summed E-state index contributed by atoms with van der Waals surface area (Å²) in [6.07, 6.45) is -0.187. The van der Waals surface area contributed by atoms with Gasteiger partial charge in [-0.15, -0.1) is 0 Å². The largest absolute Gasteiger partial charge is 0.459 e. The summed E-state index contributed by atoms with van der Waals surface area (Å²) in [5.74, 6) is -0.464. The predicted molar refractivity (Wildman–Crippen MR) is 59.4 cm³/mol. The molecule has 0 fully saturated rings. The molecule has 0 radical (unpaired) electrons. The third-order valence-corrected chi connectivity index (χ3v) is 2.16. The first-order chi connectivity index (χ1) is 7.04. The van der Waals surface area contributed by atoms with Gasteiger partial charge in [0.05, 0.1) is 17.2 Å². The number of halogens is 1. The molecule has 0 bridgehead atoms. The van der Waals surface area contributed by atoms with Gasteiger partial charge in [0.15, 0.2) is 0 Å². The van der Waals surface area contributed by atoms with E-state index in [4.69, 9.17) is 10.00 Å².